The van der Waals surface area contributed by atoms with Gasteiger partial charge in [-0.05, 0) is 0 Å². The average molecular weight is 304 g/mol. The molecule has 0 aliphatic carbocycles. The number of halogens is 1. The summed E-state index contributed by atoms with van der Waals surface area (Å²) in [5, 5.41) is 0. The van der Waals surface area contributed by atoms with Crippen molar-refractivity contribution in [3.8, 4) is 0 Å². The quantitative estimate of drug-likeness (QED) is 0.423. The van der Waals surface area contributed by atoms with Crippen LogP contribution < -0.4 is 15.8 Å². The number of rotatable bonds is 0. The van der Waals surface area contributed by atoms with Crippen molar-refractivity contribution in [1.82, 2.24) is 15.8 Å². The Bertz CT molecular complexity index is 92.3. The van der Waals surface area contributed by atoms with Crippen LogP contribution in [0.5, 0.6) is 0 Å². The van der Waals surface area contributed by atoms with Crippen molar-refractivity contribution >= 4 is 17.0 Å². The van der Waals surface area contributed by atoms with Crippen molar-refractivity contribution in [2.75, 3.05) is 26.2 Å². The van der Waals surface area contributed by atoms with Gasteiger partial charge in [0.15, 0.2) is 0 Å². The molecule has 0 unspecified atom stereocenters. The third-order valence-electron chi connectivity index (χ3n) is 1.24. The van der Waals surface area contributed by atoms with E-state index in [0.717, 1.165) is 26.2 Å². The Morgan fingerprint density at radius 1 is 0.700 bits per heavy atom. The van der Waals surface area contributed by atoms with Crippen LogP contribution in [0.4, 0.5) is 0 Å². The van der Waals surface area contributed by atoms with Crippen molar-refractivity contribution < 1.29 is 16.5 Å². The molecule has 10 heavy (non-hydrogen) atoms. The van der Waals surface area contributed by atoms with Gasteiger partial charge in [0.1, 0.15) is 0 Å². The minimum absolute atomic E-state index is 0. The van der Waals surface area contributed by atoms with E-state index in [1.807, 2.05) is 0 Å². The second-order valence-corrected chi connectivity index (χ2v) is 6.45. The van der Waals surface area contributed by atoms with Crippen LogP contribution >= 0.6 is 17.0 Å². The van der Waals surface area contributed by atoms with Gasteiger partial charge in [0.2, 0.25) is 0 Å². The summed E-state index contributed by atoms with van der Waals surface area (Å²) < 4.78 is 13.8. The first-order chi connectivity index (χ1) is 4.41. The Hall–Kier alpha value is 0.982. The molecule has 0 aromatic rings. The van der Waals surface area contributed by atoms with E-state index in [1.165, 1.54) is 0 Å². The molecule has 2 heterocycles. The predicted octanol–water partition coefficient (Wildman–Crippen LogP) is -1.24. The fourth-order valence-corrected chi connectivity index (χ4v) is 5.14. The molecule has 0 bridgehead atoms. The van der Waals surface area contributed by atoms with Crippen LogP contribution in [0.3, 0.4) is 0 Å². The Balaban J connectivity index is 0.000000500. The van der Waals surface area contributed by atoms with E-state index < -0.39 is 16.5 Å². The van der Waals surface area contributed by atoms with Gasteiger partial charge in [-0.3, -0.25) is 0 Å². The zero-order chi connectivity index (χ0) is 6.16. The van der Waals surface area contributed by atoms with E-state index in [2.05, 4.69) is 15.8 Å². The van der Waals surface area contributed by atoms with Crippen molar-refractivity contribution in [3.63, 3.8) is 0 Å². The third kappa shape index (κ3) is 1.59. The van der Waals surface area contributed by atoms with Gasteiger partial charge in [-0.25, -0.2) is 0 Å². The molecule has 2 saturated heterocycles. The van der Waals surface area contributed by atoms with Gasteiger partial charge in [-0.1, -0.05) is 0 Å². The number of hydrogen-bond acceptors (Lipinski definition) is 4. The van der Waals surface area contributed by atoms with Crippen LogP contribution in [-0.2, 0) is 16.5 Å². The van der Waals surface area contributed by atoms with E-state index in [1.54, 1.807) is 0 Å². The summed E-state index contributed by atoms with van der Waals surface area (Å²) in [6, 6.07) is 0. The van der Waals surface area contributed by atoms with Crippen molar-refractivity contribution in [2.45, 2.75) is 0 Å². The van der Waals surface area contributed by atoms with E-state index in [9.17, 15) is 0 Å². The van der Waals surface area contributed by atoms with Crippen molar-refractivity contribution in [3.05, 3.63) is 0 Å². The Morgan fingerprint density at radius 2 is 1.00 bits per heavy atom. The summed E-state index contributed by atoms with van der Waals surface area (Å²) in [6.45, 7) is 4.43. The van der Waals surface area contributed by atoms with E-state index >= 15 is 0 Å². The topological polar surface area (TPSA) is 48.1 Å². The van der Waals surface area contributed by atoms with Gasteiger partial charge in [0, 0.05) is 0 Å². The monoisotopic (exact) mass is 302 g/mol. The van der Waals surface area contributed by atoms with Gasteiger partial charge in [0.05, 0.1) is 0 Å². The van der Waals surface area contributed by atoms with Crippen LogP contribution in [0.2, 0.25) is 0 Å². The number of hydrogen-bond donors (Lipinski definition) is 4. The molecule has 4 N–H and O–H groups in total. The molecule has 1 spiro atoms. The molecule has 0 amide bonds. The maximum atomic E-state index is 3.45. The summed E-state index contributed by atoms with van der Waals surface area (Å²) in [7, 11) is 0. The second kappa shape index (κ2) is 3.59. The molecular formula is C4H13BrN4Pd. The van der Waals surface area contributed by atoms with Gasteiger partial charge in [0.25, 0.3) is 0 Å². The summed E-state index contributed by atoms with van der Waals surface area (Å²) in [5.74, 6) is 0. The summed E-state index contributed by atoms with van der Waals surface area (Å²) in [5.41, 5.74) is 0. The molecular weight excluding hydrogens is 290 g/mol. The molecule has 0 radical (unpaired) electrons. The van der Waals surface area contributed by atoms with Crippen molar-refractivity contribution in [2.24, 2.45) is 0 Å². The standard InChI is InChI=1S/2C2H6N2.BrH.Pd/c2*3-1-2-4;;/h2*3-4H,1-2H2;1H;/q2*-2;;+4. The number of nitrogens with one attached hydrogen (secondary N) is 4. The summed E-state index contributed by atoms with van der Waals surface area (Å²) >= 11 is -1.58. The van der Waals surface area contributed by atoms with Gasteiger partial charge >= 0.3 is 58.5 Å². The zero-order valence-corrected chi connectivity index (χ0v) is 8.82. The van der Waals surface area contributed by atoms with Crippen LogP contribution in [0.1, 0.15) is 0 Å². The van der Waals surface area contributed by atoms with Gasteiger partial charge in [-0.2, -0.15) is 0 Å². The predicted molar refractivity (Wildman–Crippen MR) is 42.3 cm³/mol. The molecule has 2 rings (SSSR count). The van der Waals surface area contributed by atoms with E-state index in [4.69, 9.17) is 0 Å². The van der Waals surface area contributed by atoms with E-state index in [-0.39, 0.29) is 17.0 Å². The zero-order valence-electron chi connectivity index (χ0n) is 5.55. The Labute approximate surface area is 75.5 Å². The first kappa shape index (κ1) is 9.07. The molecule has 2 aliphatic heterocycles. The first-order valence-electron chi connectivity index (χ1n) is 3.05. The minimum atomic E-state index is -1.58. The van der Waals surface area contributed by atoms with Gasteiger partial charge < -0.3 is 0 Å². The van der Waals surface area contributed by atoms with E-state index in [0.29, 0.717) is 0 Å². The molecule has 2 aliphatic rings. The molecule has 0 saturated carbocycles. The maximum absolute atomic E-state index is 3.45. The molecule has 0 atom stereocenters. The molecule has 66 valence electrons. The summed E-state index contributed by atoms with van der Waals surface area (Å²) in [4.78, 5) is 0. The normalized spacial score (nSPS) is 32.0. The third-order valence-corrected chi connectivity index (χ3v) is 6.09. The second-order valence-electron chi connectivity index (χ2n) is 1.92. The van der Waals surface area contributed by atoms with Crippen LogP contribution in [-0.4, -0.2) is 26.2 Å². The van der Waals surface area contributed by atoms with Crippen LogP contribution in [0.25, 0.3) is 0 Å². The van der Waals surface area contributed by atoms with Crippen molar-refractivity contribution in [1.29, 1.82) is 0 Å². The fourth-order valence-electron chi connectivity index (χ4n) is 0.870. The fraction of sp³-hybridized carbons (Fsp3) is 1.00. The SMILES string of the molecule is Br.C1C[NH][Pd]2([NH]1)[NH]CC[NH]2. The summed E-state index contributed by atoms with van der Waals surface area (Å²) in [6.07, 6.45) is 0. The molecule has 0 aromatic heterocycles. The Morgan fingerprint density at radius 3 is 1.30 bits per heavy atom. The van der Waals surface area contributed by atoms with Gasteiger partial charge in [-0.15, -0.1) is 17.0 Å². The molecule has 6 heteroatoms. The average Bonchev–Trinajstić information content (AvgIpc) is 2.45. The first-order valence-corrected chi connectivity index (χ1v) is 6.16. The van der Waals surface area contributed by atoms with Crippen LogP contribution in [0.15, 0.2) is 0 Å². The Kier molecular flexibility index (Phi) is 3.26. The van der Waals surface area contributed by atoms with Crippen LogP contribution in [0, 0.1) is 0 Å². The molecule has 0 aromatic carbocycles. The molecule has 4 nitrogen and oxygen atoms in total. The molecule has 2 fully saturated rings.